The number of pyridine rings is 1. The molecule has 6 nitrogen and oxygen atoms in total. The Morgan fingerprint density at radius 1 is 1.32 bits per heavy atom. The Hall–Kier alpha value is -3.33. The van der Waals surface area contributed by atoms with Crippen molar-refractivity contribution in [3.63, 3.8) is 0 Å². The van der Waals surface area contributed by atoms with Crippen LogP contribution in [0.15, 0.2) is 51.6 Å². The summed E-state index contributed by atoms with van der Waals surface area (Å²) in [7, 11) is 0. The van der Waals surface area contributed by atoms with Gasteiger partial charge in [0.25, 0.3) is 11.2 Å². The molecule has 0 radical (unpaired) electrons. The van der Waals surface area contributed by atoms with E-state index < -0.39 is 11.5 Å². The Balaban J connectivity index is 1.98. The summed E-state index contributed by atoms with van der Waals surface area (Å²) < 4.78 is 0. The standard InChI is InChI=1S/C20H13N3O3S2/c1-22-18-17(15-6-3-7-27-15)14(10-21)20(23-19(18)26)28-11-13-5-2-4-12(8-13)9-16(24)25/h2-8H,9,11H2,(H,23,26)(H,24,25). The first-order valence-electron chi connectivity index (χ1n) is 8.07. The number of aromatic nitrogens is 1. The van der Waals surface area contributed by atoms with Crippen molar-refractivity contribution in [3.8, 4) is 16.5 Å². The molecule has 0 fully saturated rings. The van der Waals surface area contributed by atoms with E-state index in [1.165, 1.54) is 23.1 Å². The van der Waals surface area contributed by atoms with Gasteiger partial charge in [0.15, 0.2) is 0 Å². The number of nitrogens with zero attached hydrogens (tertiary/aromatic N) is 2. The minimum absolute atomic E-state index is 0.0684. The Morgan fingerprint density at radius 3 is 2.75 bits per heavy atom. The molecule has 0 spiro atoms. The number of thioether (sulfide) groups is 1. The van der Waals surface area contributed by atoms with E-state index in [2.05, 4.69) is 15.9 Å². The van der Waals surface area contributed by atoms with Crippen LogP contribution in [0.25, 0.3) is 15.3 Å². The predicted octanol–water partition coefficient (Wildman–Crippen LogP) is 4.45. The van der Waals surface area contributed by atoms with E-state index in [9.17, 15) is 14.9 Å². The summed E-state index contributed by atoms with van der Waals surface area (Å²) in [6.45, 7) is 7.33. The fraction of sp³-hybridized carbons (Fsp3) is 0.100. The highest BCUT2D eigenvalue weighted by Gasteiger charge is 2.20. The highest BCUT2D eigenvalue weighted by atomic mass is 32.2. The minimum Gasteiger partial charge on any atom is -0.481 e. The van der Waals surface area contributed by atoms with Crippen molar-refractivity contribution in [2.45, 2.75) is 17.2 Å². The van der Waals surface area contributed by atoms with Crippen LogP contribution in [0.3, 0.4) is 0 Å². The number of carboxylic acid groups (broad SMARTS) is 1. The number of carboxylic acids is 1. The average molecular weight is 407 g/mol. The molecule has 0 atom stereocenters. The van der Waals surface area contributed by atoms with Gasteiger partial charge in [-0.1, -0.05) is 30.3 Å². The molecular formula is C20H13N3O3S2. The summed E-state index contributed by atoms with van der Waals surface area (Å²) in [6.07, 6.45) is -0.0684. The van der Waals surface area contributed by atoms with E-state index in [4.69, 9.17) is 11.7 Å². The second-order valence-electron chi connectivity index (χ2n) is 5.76. The molecule has 28 heavy (non-hydrogen) atoms. The lowest BCUT2D eigenvalue weighted by molar-refractivity contribution is -0.136. The molecule has 0 bridgehead atoms. The number of benzene rings is 1. The molecule has 1 aromatic carbocycles. The van der Waals surface area contributed by atoms with Crippen LogP contribution in [-0.2, 0) is 17.0 Å². The first-order valence-corrected chi connectivity index (χ1v) is 9.94. The van der Waals surface area contributed by atoms with Gasteiger partial charge in [0.2, 0.25) is 0 Å². The van der Waals surface area contributed by atoms with E-state index in [1.54, 1.807) is 30.3 Å². The molecule has 2 heterocycles. The number of nitrogens with one attached hydrogen (secondary N) is 1. The van der Waals surface area contributed by atoms with E-state index in [1.807, 2.05) is 11.4 Å². The highest BCUT2D eigenvalue weighted by Crippen LogP contribution is 2.38. The Labute approximate surface area is 168 Å². The van der Waals surface area contributed by atoms with E-state index in [0.29, 0.717) is 26.8 Å². The number of rotatable bonds is 6. The molecule has 0 saturated heterocycles. The first kappa shape index (κ1) is 19.4. The van der Waals surface area contributed by atoms with E-state index in [0.717, 1.165) is 5.56 Å². The molecule has 0 unspecified atom stereocenters. The Bertz CT molecular complexity index is 1170. The Kier molecular flexibility index (Phi) is 5.95. The van der Waals surface area contributed by atoms with Gasteiger partial charge in [-0.3, -0.25) is 9.59 Å². The first-order chi connectivity index (χ1) is 13.5. The van der Waals surface area contributed by atoms with Crippen LogP contribution < -0.4 is 5.56 Å². The third kappa shape index (κ3) is 4.15. The topological polar surface area (TPSA) is 98.3 Å². The SMILES string of the molecule is [C-]#[N+]c1c(-c2cccs2)c(C#N)c(SCc2cccc(CC(=O)O)c2)[nH]c1=O. The number of H-pyrrole nitrogens is 1. The number of aliphatic carboxylic acids is 1. The van der Waals surface area contributed by atoms with E-state index in [-0.39, 0.29) is 17.7 Å². The largest absolute Gasteiger partial charge is 0.481 e. The van der Waals surface area contributed by atoms with Crippen LogP contribution in [0.4, 0.5) is 5.69 Å². The van der Waals surface area contributed by atoms with Gasteiger partial charge in [-0.2, -0.15) is 5.26 Å². The molecule has 0 aliphatic carbocycles. The molecule has 0 aliphatic rings. The zero-order valence-corrected chi connectivity index (χ0v) is 16.1. The predicted molar refractivity (Wildman–Crippen MR) is 109 cm³/mol. The molecule has 0 amide bonds. The number of hydrogen-bond acceptors (Lipinski definition) is 5. The van der Waals surface area contributed by atoms with Gasteiger partial charge < -0.3 is 10.1 Å². The normalized spacial score (nSPS) is 10.2. The van der Waals surface area contributed by atoms with Gasteiger partial charge in [-0.15, -0.1) is 23.1 Å². The van der Waals surface area contributed by atoms with Gasteiger partial charge in [-0.25, -0.2) is 4.85 Å². The number of carbonyl (C=O) groups is 1. The third-order valence-corrected chi connectivity index (χ3v) is 5.84. The number of thiophene rings is 1. The summed E-state index contributed by atoms with van der Waals surface area (Å²) in [5, 5.41) is 20.9. The second-order valence-corrected chi connectivity index (χ2v) is 7.70. The number of hydrogen-bond donors (Lipinski definition) is 2. The molecular weight excluding hydrogens is 394 g/mol. The maximum atomic E-state index is 12.4. The fourth-order valence-corrected chi connectivity index (χ4v) is 4.44. The van der Waals surface area contributed by atoms with Crippen molar-refractivity contribution in [3.05, 3.63) is 80.2 Å². The summed E-state index contributed by atoms with van der Waals surface area (Å²) in [6, 6.07) is 12.9. The van der Waals surface area contributed by atoms with Crippen LogP contribution in [0.5, 0.6) is 0 Å². The summed E-state index contributed by atoms with van der Waals surface area (Å²) >= 11 is 2.64. The summed E-state index contributed by atoms with van der Waals surface area (Å²) in [4.78, 5) is 29.9. The van der Waals surface area contributed by atoms with Gasteiger partial charge >= 0.3 is 5.97 Å². The van der Waals surface area contributed by atoms with Crippen molar-refractivity contribution in [1.29, 1.82) is 5.26 Å². The molecule has 0 aliphatic heterocycles. The molecule has 3 rings (SSSR count). The molecule has 2 aromatic heterocycles. The maximum Gasteiger partial charge on any atom is 0.307 e. The van der Waals surface area contributed by atoms with Crippen LogP contribution >= 0.6 is 23.1 Å². The lowest BCUT2D eigenvalue weighted by Gasteiger charge is -2.10. The van der Waals surface area contributed by atoms with Gasteiger partial charge in [-0.05, 0) is 22.6 Å². The van der Waals surface area contributed by atoms with Gasteiger partial charge in [0.05, 0.1) is 23.6 Å². The van der Waals surface area contributed by atoms with Crippen molar-refractivity contribution in [2.75, 3.05) is 0 Å². The number of nitriles is 1. The smallest absolute Gasteiger partial charge is 0.307 e. The average Bonchev–Trinajstić information content (AvgIpc) is 3.20. The maximum absolute atomic E-state index is 12.4. The van der Waals surface area contributed by atoms with Crippen molar-refractivity contribution < 1.29 is 9.90 Å². The zero-order valence-electron chi connectivity index (χ0n) is 14.4. The number of aromatic amines is 1. The van der Waals surface area contributed by atoms with Crippen molar-refractivity contribution >= 4 is 34.8 Å². The molecule has 8 heteroatoms. The quantitative estimate of drug-likeness (QED) is 0.465. The van der Waals surface area contributed by atoms with E-state index >= 15 is 0 Å². The lowest BCUT2D eigenvalue weighted by atomic mass is 10.1. The van der Waals surface area contributed by atoms with Gasteiger partial charge in [0, 0.05) is 16.2 Å². The van der Waals surface area contributed by atoms with Crippen molar-refractivity contribution in [1.82, 2.24) is 4.98 Å². The molecule has 0 saturated carbocycles. The summed E-state index contributed by atoms with van der Waals surface area (Å²) in [5.74, 6) is -0.463. The molecule has 138 valence electrons. The van der Waals surface area contributed by atoms with Crippen LogP contribution in [0.2, 0.25) is 0 Å². The van der Waals surface area contributed by atoms with Crippen LogP contribution in [-0.4, -0.2) is 16.1 Å². The molecule has 3 aromatic rings. The van der Waals surface area contributed by atoms with Crippen molar-refractivity contribution in [2.24, 2.45) is 0 Å². The monoisotopic (exact) mass is 407 g/mol. The summed E-state index contributed by atoms with van der Waals surface area (Å²) in [5.41, 5.74) is 1.56. The minimum atomic E-state index is -0.906. The third-order valence-electron chi connectivity index (χ3n) is 3.88. The molecule has 2 N–H and O–H groups in total. The van der Waals surface area contributed by atoms with Crippen LogP contribution in [0, 0.1) is 17.9 Å². The van der Waals surface area contributed by atoms with Crippen LogP contribution in [0.1, 0.15) is 16.7 Å². The lowest BCUT2D eigenvalue weighted by Crippen LogP contribution is -2.09. The highest BCUT2D eigenvalue weighted by molar-refractivity contribution is 7.98. The second kappa shape index (κ2) is 8.57. The zero-order chi connectivity index (χ0) is 20.1. The van der Waals surface area contributed by atoms with Gasteiger partial charge in [0.1, 0.15) is 6.07 Å². The Morgan fingerprint density at radius 2 is 2.11 bits per heavy atom. The fourth-order valence-electron chi connectivity index (χ4n) is 2.71.